The molecule has 0 heterocycles. The summed E-state index contributed by atoms with van der Waals surface area (Å²) in [6, 6.07) is 0. The van der Waals surface area contributed by atoms with Crippen LogP contribution in [0.15, 0.2) is 23.3 Å². The van der Waals surface area contributed by atoms with Crippen LogP contribution in [0.4, 0.5) is 0 Å². The van der Waals surface area contributed by atoms with Crippen LogP contribution in [0.25, 0.3) is 0 Å². The van der Waals surface area contributed by atoms with Crippen LogP contribution in [0.1, 0.15) is 40.0 Å². The van der Waals surface area contributed by atoms with Gasteiger partial charge in [0.15, 0.2) is 0 Å². The van der Waals surface area contributed by atoms with Crippen LogP contribution in [-0.4, -0.2) is 0 Å². The Morgan fingerprint density at radius 1 is 1.33 bits per heavy atom. The normalized spacial score (nSPS) is 28.4. The van der Waals surface area contributed by atoms with Crippen molar-refractivity contribution in [3.05, 3.63) is 23.3 Å². The predicted molar refractivity (Wildman–Crippen MR) is 53.0 cm³/mol. The average molecular weight is 162 g/mol. The van der Waals surface area contributed by atoms with Gasteiger partial charge in [-0.05, 0) is 36.2 Å². The first kappa shape index (κ1) is 8.10. The van der Waals surface area contributed by atoms with Crippen molar-refractivity contribution in [2.75, 3.05) is 0 Å². The summed E-state index contributed by atoms with van der Waals surface area (Å²) in [7, 11) is 0. The van der Waals surface area contributed by atoms with Gasteiger partial charge in [-0.25, -0.2) is 0 Å². The summed E-state index contributed by atoms with van der Waals surface area (Å²) in [6.07, 6.45) is 8.60. The molecular weight excluding hydrogens is 144 g/mol. The molecule has 0 saturated heterocycles. The first-order valence-electron chi connectivity index (χ1n) is 4.97. The third-order valence-electron chi connectivity index (χ3n) is 3.24. The molecule has 2 aliphatic carbocycles. The largest absolute Gasteiger partial charge is 0.0802 e. The van der Waals surface area contributed by atoms with E-state index in [1.54, 1.807) is 11.1 Å². The SMILES string of the molecule is CC(C)(C)C1CCC2=C1CC=C2. The van der Waals surface area contributed by atoms with Gasteiger partial charge < -0.3 is 0 Å². The molecule has 2 rings (SSSR count). The fraction of sp³-hybridized carbons (Fsp3) is 0.667. The number of hydrogen-bond acceptors (Lipinski definition) is 0. The van der Waals surface area contributed by atoms with Crippen LogP contribution < -0.4 is 0 Å². The van der Waals surface area contributed by atoms with Crippen molar-refractivity contribution >= 4 is 0 Å². The van der Waals surface area contributed by atoms with Gasteiger partial charge in [0.25, 0.3) is 0 Å². The molecular formula is C12H18. The van der Waals surface area contributed by atoms with Crippen LogP contribution in [-0.2, 0) is 0 Å². The van der Waals surface area contributed by atoms with Gasteiger partial charge in [0.05, 0.1) is 0 Å². The third kappa shape index (κ3) is 1.14. The molecule has 0 fully saturated rings. The van der Waals surface area contributed by atoms with Crippen molar-refractivity contribution in [3.63, 3.8) is 0 Å². The Morgan fingerprint density at radius 2 is 2.08 bits per heavy atom. The van der Waals surface area contributed by atoms with Crippen LogP contribution >= 0.6 is 0 Å². The van der Waals surface area contributed by atoms with E-state index in [-0.39, 0.29) is 0 Å². The average Bonchev–Trinajstić information content (AvgIpc) is 2.37. The molecule has 0 aromatic heterocycles. The summed E-state index contributed by atoms with van der Waals surface area (Å²) < 4.78 is 0. The van der Waals surface area contributed by atoms with Gasteiger partial charge in [0.2, 0.25) is 0 Å². The van der Waals surface area contributed by atoms with Crippen molar-refractivity contribution in [2.24, 2.45) is 11.3 Å². The van der Waals surface area contributed by atoms with Crippen LogP contribution in [0.3, 0.4) is 0 Å². The second-order valence-electron chi connectivity index (χ2n) is 5.11. The van der Waals surface area contributed by atoms with E-state index >= 15 is 0 Å². The molecule has 0 radical (unpaired) electrons. The lowest BCUT2D eigenvalue weighted by Gasteiger charge is -2.29. The maximum atomic E-state index is 2.37. The van der Waals surface area contributed by atoms with E-state index in [1.807, 2.05) is 0 Å². The maximum absolute atomic E-state index is 2.37. The van der Waals surface area contributed by atoms with E-state index in [0.29, 0.717) is 5.41 Å². The lowest BCUT2D eigenvalue weighted by atomic mass is 9.76. The fourth-order valence-electron chi connectivity index (χ4n) is 2.61. The Hall–Kier alpha value is -0.520. The molecule has 0 bridgehead atoms. The van der Waals surface area contributed by atoms with Gasteiger partial charge in [-0.15, -0.1) is 0 Å². The molecule has 66 valence electrons. The topological polar surface area (TPSA) is 0 Å². The van der Waals surface area contributed by atoms with Crippen molar-refractivity contribution in [1.82, 2.24) is 0 Å². The van der Waals surface area contributed by atoms with E-state index in [4.69, 9.17) is 0 Å². The molecule has 2 aliphatic rings. The van der Waals surface area contributed by atoms with Gasteiger partial charge in [-0.1, -0.05) is 38.5 Å². The summed E-state index contributed by atoms with van der Waals surface area (Å²) in [5.41, 5.74) is 3.86. The van der Waals surface area contributed by atoms with Crippen LogP contribution in [0.5, 0.6) is 0 Å². The molecule has 0 N–H and O–H groups in total. The van der Waals surface area contributed by atoms with Crippen LogP contribution in [0.2, 0.25) is 0 Å². The van der Waals surface area contributed by atoms with Crippen molar-refractivity contribution in [3.8, 4) is 0 Å². The summed E-state index contributed by atoms with van der Waals surface area (Å²) in [4.78, 5) is 0. The predicted octanol–water partition coefficient (Wildman–Crippen LogP) is 3.70. The van der Waals surface area contributed by atoms with E-state index in [1.165, 1.54) is 19.3 Å². The minimum absolute atomic E-state index is 0.475. The van der Waals surface area contributed by atoms with E-state index in [9.17, 15) is 0 Å². The molecule has 0 aliphatic heterocycles. The van der Waals surface area contributed by atoms with Crippen molar-refractivity contribution < 1.29 is 0 Å². The van der Waals surface area contributed by atoms with E-state index in [0.717, 1.165) is 5.92 Å². The Morgan fingerprint density at radius 3 is 2.75 bits per heavy atom. The molecule has 0 saturated carbocycles. The fourth-order valence-corrected chi connectivity index (χ4v) is 2.61. The Labute approximate surface area is 75.4 Å². The van der Waals surface area contributed by atoms with Gasteiger partial charge in [-0.2, -0.15) is 0 Å². The number of allylic oxidation sites excluding steroid dienone is 4. The molecule has 1 atom stereocenters. The van der Waals surface area contributed by atoms with E-state index < -0.39 is 0 Å². The molecule has 0 spiro atoms. The first-order valence-corrected chi connectivity index (χ1v) is 4.97. The zero-order chi connectivity index (χ0) is 8.77. The quantitative estimate of drug-likeness (QED) is 0.509. The second kappa shape index (κ2) is 2.48. The summed E-state index contributed by atoms with van der Waals surface area (Å²) in [5, 5.41) is 0. The number of hydrogen-bond donors (Lipinski definition) is 0. The monoisotopic (exact) mass is 162 g/mol. The van der Waals surface area contributed by atoms with Gasteiger partial charge in [0, 0.05) is 0 Å². The van der Waals surface area contributed by atoms with Crippen molar-refractivity contribution in [2.45, 2.75) is 40.0 Å². The minimum atomic E-state index is 0.475. The molecule has 0 aromatic rings. The summed E-state index contributed by atoms with van der Waals surface area (Å²) in [6.45, 7) is 7.10. The number of rotatable bonds is 0. The highest BCUT2D eigenvalue weighted by Gasteiger charge is 2.33. The summed E-state index contributed by atoms with van der Waals surface area (Å²) >= 11 is 0. The van der Waals surface area contributed by atoms with Gasteiger partial charge >= 0.3 is 0 Å². The zero-order valence-electron chi connectivity index (χ0n) is 8.35. The summed E-state index contributed by atoms with van der Waals surface area (Å²) in [5.74, 6) is 0.850. The molecule has 0 amide bonds. The highest BCUT2D eigenvalue weighted by molar-refractivity contribution is 5.39. The lowest BCUT2D eigenvalue weighted by molar-refractivity contribution is 0.275. The molecule has 0 aromatic carbocycles. The molecule has 1 unspecified atom stereocenters. The Balaban J connectivity index is 2.23. The molecule has 0 heteroatoms. The zero-order valence-corrected chi connectivity index (χ0v) is 8.35. The molecule has 12 heavy (non-hydrogen) atoms. The Bertz CT molecular complexity index is 248. The van der Waals surface area contributed by atoms with Crippen molar-refractivity contribution in [1.29, 1.82) is 0 Å². The molecule has 0 nitrogen and oxygen atoms in total. The van der Waals surface area contributed by atoms with E-state index in [2.05, 4.69) is 32.9 Å². The second-order valence-corrected chi connectivity index (χ2v) is 5.11. The minimum Gasteiger partial charge on any atom is -0.0802 e. The van der Waals surface area contributed by atoms with Gasteiger partial charge in [0.1, 0.15) is 0 Å². The highest BCUT2D eigenvalue weighted by Crippen LogP contribution is 2.46. The Kier molecular flexibility index (Phi) is 1.67. The highest BCUT2D eigenvalue weighted by atomic mass is 14.4. The first-order chi connectivity index (χ1) is 5.59. The van der Waals surface area contributed by atoms with Gasteiger partial charge in [-0.3, -0.25) is 0 Å². The van der Waals surface area contributed by atoms with Crippen LogP contribution in [0, 0.1) is 11.3 Å². The third-order valence-corrected chi connectivity index (χ3v) is 3.24. The maximum Gasteiger partial charge on any atom is -0.0127 e. The smallest absolute Gasteiger partial charge is 0.0127 e. The lowest BCUT2D eigenvalue weighted by Crippen LogP contribution is -2.19. The standard InChI is InChI=1S/C12H18/c1-12(2,3)11-8-7-9-5-4-6-10(9)11/h4-5,11H,6-8H2,1-3H3.